The topological polar surface area (TPSA) is 57.6 Å². The first-order chi connectivity index (χ1) is 11.6. The molecular weight excluding hydrogens is 302 g/mol. The number of nitrogens with zero attached hydrogens (tertiary/aromatic N) is 1. The Kier molecular flexibility index (Phi) is 4.94. The van der Waals surface area contributed by atoms with Crippen LogP contribution in [0.4, 0.5) is 0 Å². The van der Waals surface area contributed by atoms with Gasteiger partial charge in [0.1, 0.15) is 0 Å². The van der Waals surface area contributed by atoms with Crippen LogP contribution < -0.4 is 0 Å². The summed E-state index contributed by atoms with van der Waals surface area (Å²) in [5.41, 5.74) is 2.46. The Hall–Kier alpha value is -2.62. The SMILES string of the molecule is O=C(O)c1ccc(CC(=O)N2CCC(c3ccccc3)CC2)cc1. The van der Waals surface area contributed by atoms with Crippen LogP contribution in [0.2, 0.25) is 0 Å². The number of carbonyl (C=O) groups excluding carboxylic acids is 1. The highest BCUT2D eigenvalue weighted by molar-refractivity contribution is 5.87. The van der Waals surface area contributed by atoms with Crippen molar-refractivity contribution in [2.45, 2.75) is 25.2 Å². The van der Waals surface area contributed by atoms with Crippen LogP contribution in [0.3, 0.4) is 0 Å². The lowest BCUT2D eigenvalue weighted by Crippen LogP contribution is -2.38. The molecule has 1 saturated heterocycles. The van der Waals surface area contributed by atoms with Gasteiger partial charge in [0, 0.05) is 13.1 Å². The van der Waals surface area contributed by atoms with Gasteiger partial charge in [0.25, 0.3) is 0 Å². The Morgan fingerprint density at radius 1 is 0.958 bits per heavy atom. The zero-order valence-corrected chi connectivity index (χ0v) is 13.5. The minimum absolute atomic E-state index is 0.115. The van der Waals surface area contributed by atoms with Crippen LogP contribution in [0.25, 0.3) is 0 Å². The third-order valence-corrected chi connectivity index (χ3v) is 4.67. The fourth-order valence-electron chi connectivity index (χ4n) is 3.24. The van der Waals surface area contributed by atoms with Crippen molar-refractivity contribution in [3.05, 3.63) is 71.3 Å². The molecule has 0 bridgehead atoms. The maximum Gasteiger partial charge on any atom is 0.335 e. The molecule has 2 aromatic carbocycles. The van der Waals surface area contributed by atoms with E-state index in [1.54, 1.807) is 24.3 Å². The molecular formula is C20H21NO3. The quantitative estimate of drug-likeness (QED) is 0.939. The molecule has 1 aliphatic rings. The molecule has 0 unspecified atom stereocenters. The van der Waals surface area contributed by atoms with Gasteiger partial charge in [-0.1, -0.05) is 42.5 Å². The molecule has 124 valence electrons. The lowest BCUT2D eigenvalue weighted by atomic mass is 9.89. The normalized spacial score (nSPS) is 15.2. The lowest BCUT2D eigenvalue weighted by molar-refractivity contribution is -0.131. The molecule has 0 aromatic heterocycles. The molecule has 1 amide bonds. The zero-order valence-electron chi connectivity index (χ0n) is 13.5. The number of carboxylic acids is 1. The van der Waals surface area contributed by atoms with Crippen LogP contribution in [-0.2, 0) is 11.2 Å². The number of aromatic carboxylic acids is 1. The van der Waals surface area contributed by atoms with E-state index in [0.717, 1.165) is 31.5 Å². The van der Waals surface area contributed by atoms with Crippen LogP contribution in [-0.4, -0.2) is 35.0 Å². The van der Waals surface area contributed by atoms with Gasteiger partial charge in [-0.3, -0.25) is 4.79 Å². The minimum Gasteiger partial charge on any atom is -0.478 e. The zero-order chi connectivity index (χ0) is 16.9. The van der Waals surface area contributed by atoms with Crippen molar-refractivity contribution in [3.63, 3.8) is 0 Å². The highest BCUT2D eigenvalue weighted by Gasteiger charge is 2.23. The van der Waals surface area contributed by atoms with Crippen molar-refractivity contribution in [1.82, 2.24) is 4.90 Å². The molecule has 0 aliphatic carbocycles. The van der Waals surface area contributed by atoms with E-state index in [-0.39, 0.29) is 11.5 Å². The number of amides is 1. The Balaban J connectivity index is 1.54. The van der Waals surface area contributed by atoms with Gasteiger partial charge in [-0.15, -0.1) is 0 Å². The number of hydrogen-bond donors (Lipinski definition) is 1. The number of carboxylic acid groups (broad SMARTS) is 1. The van der Waals surface area contributed by atoms with Crippen molar-refractivity contribution >= 4 is 11.9 Å². The molecule has 4 nitrogen and oxygen atoms in total. The molecule has 1 N–H and O–H groups in total. The average molecular weight is 323 g/mol. The molecule has 1 heterocycles. The second-order valence-corrected chi connectivity index (χ2v) is 6.24. The minimum atomic E-state index is -0.948. The highest BCUT2D eigenvalue weighted by Crippen LogP contribution is 2.28. The molecule has 1 aliphatic heterocycles. The smallest absolute Gasteiger partial charge is 0.335 e. The third kappa shape index (κ3) is 3.82. The summed E-state index contributed by atoms with van der Waals surface area (Å²) >= 11 is 0. The Labute approximate surface area is 141 Å². The van der Waals surface area contributed by atoms with E-state index in [1.165, 1.54) is 5.56 Å². The fourth-order valence-corrected chi connectivity index (χ4v) is 3.24. The van der Waals surface area contributed by atoms with Crippen molar-refractivity contribution in [2.24, 2.45) is 0 Å². The molecule has 3 rings (SSSR count). The summed E-state index contributed by atoms with van der Waals surface area (Å²) in [5.74, 6) is -0.300. The number of likely N-dealkylation sites (tertiary alicyclic amines) is 1. The second-order valence-electron chi connectivity index (χ2n) is 6.24. The van der Waals surface area contributed by atoms with Crippen LogP contribution in [0.15, 0.2) is 54.6 Å². The van der Waals surface area contributed by atoms with E-state index in [9.17, 15) is 9.59 Å². The fraction of sp³-hybridized carbons (Fsp3) is 0.300. The van der Waals surface area contributed by atoms with Gasteiger partial charge in [-0.05, 0) is 42.0 Å². The van der Waals surface area contributed by atoms with E-state index < -0.39 is 5.97 Å². The third-order valence-electron chi connectivity index (χ3n) is 4.67. The van der Waals surface area contributed by atoms with E-state index in [1.807, 2.05) is 11.0 Å². The summed E-state index contributed by atoms with van der Waals surface area (Å²) in [7, 11) is 0. The van der Waals surface area contributed by atoms with Gasteiger partial charge >= 0.3 is 5.97 Å². The molecule has 4 heteroatoms. The largest absolute Gasteiger partial charge is 0.478 e. The van der Waals surface area contributed by atoms with E-state index in [2.05, 4.69) is 24.3 Å². The summed E-state index contributed by atoms with van der Waals surface area (Å²) in [6.07, 6.45) is 2.32. The number of hydrogen-bond acceptors (Lipinski definition) is 2. The summed E-state index contributed by atoms with van der Waals surface area (Å²) in [6, 6.07) is 17.0. The summed E-state index contributed by atoms with van der Waals surface area (Å²) in [5, 5.41) is 8.91. The van der Waals surface area contributed by atoms with E-state index in [4.69, 9.17) is 5.11 Å². The van der Waals surface area contributed by atoms with Gasteiger partial charge in [0.2, 0.25) is 5.91 Å². The molecule has 0 radical (unpaired) electrons. The van der Waals surface area contributed by atoms with Crippen LogP contribution in [0.5, 0.6) is 0 Å². The highest BCUT2D eigenvalue weighted by atomic mass is 16.4. The maximum absolute atomic E-state index is 12.4. The van der Waals surface area contributed by atoms with Gasteiger partial charge < -0.3 is 10.0 Å². The van der Waals surface area contributed by atoms with Gasteiger partial charge in [-0.2, -0.15) is 0 Å². The number of piperidine rings is 1. The van der Waals surface area contributed by atoms with Crippen LogP contribution >= 0.6 is 0 Å². The number of benzene rings is 2. The molecule has 24 heavy (non-hydrogen) atoms. The Morgan fingerprint density at radius 2 is 1.58 bits per heavy atom. The Bertz CT molecular complexity index is 701. The van der Waals surface area contributed by atoms with Crippen molar-refractivity contribution < 1.29 is 14.7 Å². The maximum atomic E-state index is 12.4. The molecule has 0 spiro atoms. The summed E-state index contributed by atoms with van der Waals surface area (Å²) in [6.45, 7) is 1.57. The molecule has 0 saturated carbocycles. The molecule has 1 fully saturated rings. The summed E-state index contributed by atoms with van der Waals surface area (Å²) < 4.78 is 0. The van der Waals surface area contributed by atoms with Gasteiger partial charge in [-0.25, -0.2) is 4.79 Å². The van der Waals surface area contributed by atoms with Crippen LogP contribution in [0.1, 0.15) is 40.2 Å². The van der Waals surface area contributed by atoms with Crippen molar-refractivity contribution in [2.75, 3.05) is 13.1 Å². The van der Waals surface area contributed by atoms with Crippen LogP contribution in [0, 0.1) is 0 Å². The first kappa shape index (κ1) is 16.2. The molecule has 2 aromatic rings. The standard InChI is InChI=1S/C20H21NO3/c22-19(14-15-6-8-18(9-7-15)20(23)24)21-12-10-17(11-13-21)16-4-2-1-3-5-16/h1-9,17H,10-14H2,(H,23,24). The number of carbonyl (C=O) groups is 2. The van der Waals surface area contributed by atoms with E-state index >= 15 is 0 Å². The van der Waals surface area contributed by atoms with Gasteiger partial charge in [0.15, 0.2) is 0 Å². The number of rotatable bonds is 4. The second kappa shape index (κ2) is 7.30. The Morgan fingerprint density at radius 3 is 2.17 bits per heavy atom. The first-order valence-electron chi connectivity index (χ1n) is 8.28. The van der Waals surface area contributed by atoms with Crippen molar-refractivity contribution in [3.8, 4) is 0 Å². The monoisotopic (exact) mass is 323 g/mol. The van der Waals surface area contributed by atoms with Gasteiger partial charge in [0.05, 0.1) is 12.0 Å². The lowest BCUT2D eigenvalue weighted by Gasteiger charge is -2.32. The van der Waals surface area contributed by atoms with Crippen molar-refractivity contribution in [1.29, 1.82) is 0 Å². The predicted molar refractivity (Wildman–Crippen MR) is 92.1 cm³/mol. The first-order valence-corrected chi connectivity index (χ1v) is 8.28. The summed E-state index contributed by atoms with van der Waals surface area (Å²) in [4.78, 5) is 25.2. The predicted octanol–water partition coefficient (Wildman–Crippen LogP) is 3.33. The average Bonchev–Trinajstić information content (AvgIpc) is 2.63. The van der Waals surface area contributed by atoms with E-state index in [0.29, 0.717) is 12.3 Å². The molecule has 0 atom stereocenters.